The topological polar surface area (TPSA) is 49.3 Å². The highest BCUT2D eigenvalue weighted by molar-refractivity contribution is 5.68. The molecule has 0 spiro atoms. The molecule has 2 N–H and O–H groups in total. The summed E-state index contributed by atoms with van der Waals surface area (Å²) in [4.78, 5) is 11.0. The monoisotopic (exact) mass is 317 g/mol. The van der Waals surface area contributed by atoms with Crippen molar-refractivity contribution in [2.24, 2.45) is 5.41 Å². The molecule has 120 valence electrons. The molecule has 3 rings (SSSR count). The van der Waals surface area contributed by atoms with Crippen LogP contribution < -0.4 is 5.32 Å². The molecule has 0 bridgehead atoms. The van der Waals surface area contributed by atoms with Gasteiger partial charge in [-0.1, -0.05) is 32.0 Å². The van der Waals surface area contributed by atoms with Gasteiger partial charge in [0.15, 0.2) is 0 Å². The third kappa shape index (κ3) is 2.79. The van der Waals surface area contributed by atoms with Gasteiger partial charge in [-0.15, -0.1) is 0 Å². The van der Waals surface area contributed by atoms with Crippen LogP contribution in [0.5, 0.6) is 0 Å². The van der Waals surface area contributed by atoms with Gasteiger partial charge < -0.3 is 10.4 Å². The lowest BCUT2D eigenvalue weighted by molar-refractivity contribution is 0.175. The van der Waals surface area contributed by atoms with Crippen molar-refractivity contribution >= 4 is 6.09 Å². The second-order valence-corrected chi connectivity index (χ2v) is 6.59. The number of hydrogen-bond acceptors (Lipinski definition) is 1. The molecule has 0 aliphatic heterocycles. The average Bonchev–Trinajstić information content (AvgIpc) is 2.68. The van der Waals surface area contributed by atoms with Crippen LogP contribution in [-0.2, 0) is 6.42 Å². The van der Waals surface area contributed by atoms with E-state index in [1.54, 1.807) is 6.07 Å². The predicted molar refractivity (Wildman–Crippen MR) is 83.2 cm³/mol. The highest BCUT2D eigenvalue weighted by Crippen LogP contribution is 2.46. The molecule has 0 heterocycles. The van der Waals surface area contributed by atoms with Crippen LogP contribution in [0.25, 0.3) is 11.1 Å². The quantitative estimate of drug-likeness (QED) is 0.855. The van der Waals surface area contributed by atoms with Crippen molar-refractivity contribution in [2.45, 2.75) is 26.3 Å². The Hall–Kier alpha value is -2.43. The maximum Gasteiger partial charge on any atom is 0.405 e. The van der Waals surface area contributed by atoms with Crippen molar-refractivity contribution in [1.29, 1.82) is 0 Å². The molecule has 2 aromatic rings. The lowest BCUT2D eigenvalue weighted by Gasteiger charge is -2.27. The van der Waals surface area contributed by atoms with E-state index < -0.39 is 17.7 Å². The molecular weight excluding hydrogens is 300 g/mol. The van der Waals surface area contributed by atoms with Crippen LogP contribution in [0.3, 0.4) is 0 Å². The smallest absolute Gasteiger partial charge is 0.405 e. The van der Waals surface area contributed by atoms with E-state index in [4.69, 9.17) is 5.11 Å². The zero-order chi connectivity index (χ0) is 16.8. The van der Waals surface area contributed by atoms with Crippen molar-refractivity contribution in [3.8, 4) is 11.1 Å². The molecule has 0 saturated heterocycles. The van der Waals surface area contributed by atoms with Gasteiger partial charge in [0.1, 0.15) is 11.6 Å². The molecular formula is C18H17F2NO2. The molecule has 1 unspecified atom stereocenters. The number of benzene rings is 2. The van der Waals surface area contributed by atoms with Gasteiger partial charge in [0, 0.05) is 11.6 Å². The summed E-state index contributed by atoms with van der Waals surface area (Å²) >= 11 is 0. The number of carbonyl (C=O) groups is 1. The molecule has 1 aliphatic rings. The summed E-state index contributed by atoms with van der Waals surface area (Å²) in [5.74, 6) is -1.22. The van der Waals surface area contributed by atoms with Gasteiger partial charge in [0.25, 0.3) is 0 Å². The number of rotatable bonds is 2. The van der Waals surface area contributed by atoms with E-state index in [2.05, 4.69) is 5.32 Å². The molecule has 1 amide bonds. The van der Waals surface area contributed by atoms with Gasteiger partial charge in [-0.3, -0.25) is 0 Å². The Bertz CT molecular complexity index is 787. The highest BCUT2D eigenvalue weighted by Gasteiger charge is 2.40. The van der Waals surface area contributed by atoms with E-state index in [0.29, 0.717) is 17.5 Å². The van der Waals surface area contributed by atoms with Crippen molar-refractivity contribution in [3.05, 3.63) is 59.2 Å². The van der Waals surface area contributed by atoms with E-state index in [-0.39, 0.29) is 11.5 Å². The Morgan fingerprint density at radius 1 is 1.22 bits per heavy atom. The molecule has 3 nitrogen and oxygen atoms in total. The van der Waals surface area contributed by atoms with E-state index in [1.807, 2.05) is 26.0 Å². The van der Waals surface area contributed by atoms with Gasteiger partial charge in [-0.2, -0.15) is 0 Å². The Balaban J connectivity index is 2.03. The van der Waals surface area contributed by atoms with Crippen molar-refractivity contribution < 1.29 is 18.7 Å². The maximum absolute atomic E-state index is 14.0. The Morgan fingerprint density at radius 3 is 2.61 bits per heavy atom. The summed E-state index contributed by atoms with van der Waals surface area (Å²) in [6, 6.07) is 8.62. The van der Waals surface area contributed by atoms with Gasteiger partial charge >= 0.3 is 6.09 Å². The summed E-state index contributed by atoms with van der Waals surface area (Å²) in [6.45, 7) is 3.98. The molecule has 1 aliphatic carbocycles. The Kier molecular flexibility index (Phi) is 3.59. The zero-order valence-electron chi connectivity index (χ0n) is 12.9. The van der Waals surface area contributed by atoms with Crippen molar-refractivity contribution in [1.82, 2.24) is 5.32 Å². The number of carboxylic acid groups (broad SMARTS) is 1. The van der Waals surface area contributed by atoms with E-state index in [9.17, 15) is 13.6 Å². The van der Waals surface area contributed by atoms with Crippen molar-refractivity contribution in [2.75, 3.05) is 0 Å². The van der Waals surface area contributed by atoms with Crippen LogP contribution in [-0.4, -0.2) is 11.2 Å². The fourth-order valence-electron chi connectivity index (χ4n) is 3.34. The van der Waals surface area contributed by atoms with Gasteiger partial charge in [-0.25, -0.2) is 13.6 Å². The molecule has 0 saturated carbocycles. The lowest BCUT2D eigenvalue weighted by atomic mass is 9.85. The van der Waals surface area contributed by atoms with E-state index in [1.165, 1.54) is 12.1 Å². The first kappa shape index (κ1) is 15.5. The van der Waals surface area contributed by atoms with Gasteiger partial charge in [0.2, 0.25) is 0 Å². The second-order valence-electron chi connectivity index (χ2n) is 6.59. The minimum Gasteiger partial charge on any atom is -0.465 e. The summed E-state index contributed by atoms with van der Waals surface area (Å²) in [5.41, 5.74) is 2.62. The molecule has 23 heavy (non-hydrogen) atoms. The molecule has 0 fully saturated rings. The number of halogens is 2. The second kappa shape index (κ2) is 5.33. The van der Waals surface area contributed by atoms with Crippen LogP contribution >= 0.6 is 0 Å². The molecule has 0 aromatic heterocycles. The summed E-state index contributed by atoms with van der Waals surface area (Å²) in [6.07, 6.45) is -0.381. The predicted octanol–water partition coefficient (Wildman–Crippen LogP) is 4.52. The Labute approximate surface area is 133 Å². The maximum atomic E-state index is 14.0. The number of amides is 1. The first-order valence-electron chi connectivity index (χ1n) is 7.35. The zero-order valence-corrected chi connectivity index (χ0v) is 12.9. The van der Waals surface area contributed by atoms with Crippen LogP contribution in [0, 0.1) is 17.0 Å². The number of nitrogens with one attached hydrogen (secondary N) is 1. The fourth-order valence-corrected chi connectivity index (χ4v) is 3.34. The first-order chi connectivity index (χ1) is 10.8. The van der Waals surface area contributed by atoms with Gasteiger partial charge in [-0.05, 0) is 40.7 Å². The lowest BCUT2D eigenvalue weighted by Crippen LogP contribution is -2.34. The van der Waals surface area contributed by atoms with Crippen LogP contribution in [0.4, 0.5) is 13.6 Å². The fraction of sp³-hybridized carbons (Fsp3) is 0.278. The summed E-state index contributed by atoms with van der Waals surface area (Å²) in [7, 11) is 0. The number of hydrogen-bond donors (Lipinski definition) is 2. The third-order valence-corrected chi connectivity index (χ3v) is 4.39. The average molecular weight is 317 g/mol. The van der Waals surface area contributed by atoms with Crippen LogP contribution in [0.1, 0.15) is 31.0 Å². The van der Waals surface area contributed by atoms with Crippen LogP contribution in [0.2, 0.25) is 0 Å². The van der Waals surface area contributed by atoms with E-state index in [0.717, 1.165) is 17.2 Å². The minimum atomic E-state index is -1.07. The number of fused-ring (bicyclic) bond motifs is 1. The largest absolute Gasteiger partial charge is 0.465 e. The summed E-state index contributed by atoms with van der Waals surface area (Å²) in [5, 5.41) is 11.6. The minimum absolute atomic E-state index is 0.263. The standard InChI is InChI=1S/C18H17F2NO2/c1-18(2)9-11-7-10(13-6-4-12(19)8-15(13)20)3-5-14(11)16(18)21-17(22)23/h3-8,16,21H,9H2,1-2H3,(H,22,23). The first-order valence-corrected chi connectivity index (χ1v) is 7.35. The third-order valence-electron chi connectivity index (χ3n) is 4.39. The van der Waals surface area contributed by atoms with Crippen molar-refractivity contribution in [3.63, 3.8) is 0 Å². The van der Waals surface area contributed by atoms with Crippen LogP contribution in [0.15, 0.2) is 36.4 Å². The highest BCUT2D eigenvalue weighted by atomic mass is 19.1. The molecule has 2 aromatic carbocycles. The SMILES string of the molecule is CC1(C)Cc2cc(-c3ccc(F)cc3F)ccc2C1NC(=O)O. The van der Waals surface area contributed by atoms with E-state index >= 15 is 0 Å². The normalized spacial score (nSPS) is 18.5. The summed E-state index contributed by atoms with van der Waals surface area (Å²) < 4.78 is 27.0. The molecule has 0 radical (unpaired) electrons. The molecule has 5 heteroatoms. The molecule has 1 atom stereocenters. The Morgan fingerprint density at radius 2 is 1.96 bits per heavy atom. The van der Waals surface area contributed by atoms with Gasteiger partial charge in [0.05, 0.1) is 6.04 Å².